The van der Waals surface area contributed by atoms with Crippen molar-refractivity contribution < 1.29 is 29.0 Å². The summed E-state index contributed by atoms with van der Waals surface area (Å²) in [5.74, 6) is -1.75. The van der Waals surface area contributed by atoms with E-state index in [2.05, 4.69) is 6.92 Å². The molecule has 1 atom stereocenters. The van der Waals surface area contributed by atoms with E-state index in [0.717, 1.165) is 81.8 Å². The Hall–Kier alpha value is -3.15. The Morgan fingerprint density at radius 2 is 0.915 bits per heavy atom. The van der Waals surface area contributed by atoms with Gasteiger partial charge in [0.2, 0.25) is 0 Å². The Morgan fingerprint density at radius 3 is 1.34 bits per heavy atom. The number of rotatable bonds is 29. The Bertz CT molecular complexity index is 1090. The molecule has 0 aliphatic heterocycles. The number of carboxylic acids is 1. The lowest BCUT2D eigenvalue weighted by Gasteiger charge is -2.27. The first kappa shape index (κ1) is 40.0. The predicted octanol–water partition coefficient (Wildman–Crippen LogP) is 11.1. The van der Waals surface area contributed by atoms with Gasteiger partial charge in [0.15, 0.2) is 5.41 Å². The first-order chi connectivity index (χ1) is 23.0. The molecule has 2 aromatic rings. The van der Waals surface area contributed by atoms with Gasteiger partial charge in [0.25, 0.3) is 0 Å². The normalized spacial score (nSPS) is 12.4. The van der Waals surface area contributed by atoms with Crippen LogP contribution in [0.2, 0.25) is 0 Å². The summed E-state index contributed by atoms with van der Waals surface area (Å²) < 4.78 is 11.0. The minimum Gasteiger partial charge on any atom is -0.480 e. The van der Waals surface area contributed by atoms with Crippen LogP contribution in [0.5, 0.6) is 0 Å². The van der Waals surface area contributed by atoms with E-state index in [0.29, 0.717) is 32.3 Å². The maximum absolute atomic E-state index is 13.4. The number of ether oxygens (including phenoxy) is 2. The lowest BCUT2D eigenvalue weighted by Crippen LogP contribution is -2.41. The zero-order valence-electron chi connectivity index (χ0n) is 29.2. The van der Waals surface area contributed by atoms with Crippen molar-refractivity contribution in [3.05, 3.63) is 71.8 Å². The lowest BCUT2D eigenvalue weighted by atomic mass is 9.77. The number of esters is 2. The second kappa shape index (κ2) is 25.9. The van der Waals surface area contributed by atoms with E-state index in [1.165, 1.54) is 44.9 Å². The summed E-state index contributed by atoms with van der Waals surface area (Å²) in [6.45, 7) is 2.67. The van der Waals surface area contributed by atoms with E-state index in [-0.39, 0.29) is 12.6 Å². The van der Waals surface area contributed by atoms with Crippen molar-refractivity contribution in [2.24, 2.45) is 5.41 Å². The fraction of sp³-hybridized carbons (Fsp3) is 0.634. The van der Waals surface area contributed by atoms with Crippen LogP contribution < -0.4 is 0 Å². The number of benzene rings is 2. The minimum absolute atomic E-state index is 0.102. The van der Waals surface area contributed by atoms with Gasteiger partial charge in [0, 0.05) is 6.42 Å². The van der Waals surface area contributed by atoms with E-state index in [1.54, 1.807) is 0 Å². The van der Waals surface area contributed by atoms with Gasteiger partial charge in [-0.3, -0.25) is 14.4 Å². The molecule has 0 saturated heterocycles. The Balaban J connectivity index is 1.64. The minimum atomic E-state index is -1.47. The molecule has 0 spiro atoms. The molecule has 0 aromatic heterocycles. The molecular weight excluding hydrogens is 588 g/mol. The third-order valence-electron chi connectivity index (χ3n) is 9.20. The zero-order chi connectivity index (χ0) is 33.8. The van der Waals surface area contributed by atoms with E-state index in [9.17, 15) is 19.5 Å². The lowest BCUT2D eigenvalue weighted by molar-refractivity contribution is -0.171. The molecule has 0 heterocycles. The number of hydrogen-bond donors (Lipinski definition) is 1. The number of carboxylic acid groups (broad SMARTS) is 1. The van der Waals surface area contributed by atoms with E-state index in [4.69, 9.17) is 9.47 Å². The summed E-state index contributed by atoms with van der Waals surface area (Å²) in [6, 6.07) is 19.2. The molecule has 2 aromatic carbocycles. The Labute approximate surface area is 285 Å². The van der Waals surface area contributed by atoms with Crippen LogP contribution in [0.25, 0.3) is 0 Å². The highest BCUT2D eigenvalue weighted by Crippen LogP contribution is 2.35. The molecule has 0 saturated carbocycles. The van der Waals surface area contributed by atoms with Crippen molar-refractivity contribution in [1.82, 2.24) is 0 Å². The van der Waals surface area contributed by atoms with Gasteiger partial charge in [0.05, 0.1) is 0 Å². The molecule has 1 unspecified atom stereocenters. The molecule has 0 fully saturated rings. The number of carbonyl (C=O) groups excluding carboxylic acids is 2. The van der Waals surface area contributed by atoms with E-state index < -0.39 is 17.4 Å². The van der Waals surface area contributed by atoms with Crippen LogP contribution in [0.1, 0.15) is 159 Å². The van der Waals surface area contributed by atoms with Gasteiger partial charge in [-0.05, 0) is 30.4 Å². The maximum atomic E-state index is 13.4. The molecule has 0 amide bonds. The molecule has 2 rings (SSSR count). The average Bonchev–Trinajstić information content (AvgIpc) is 3.09. The summed E-state index contributed by atoms with van der Waals surface area (Å²) in [5, 5.41) is 10.4. The molecule has 0 aliphatic rings. The number of carbonyl (C=O) groups is 3. The highest BCUT2D eigenvalue weighted by atomic mass is 16.5. The van der Waals surface area contributed by atoms with Gasteiger partial charge < -0.3 is 14.6 Å². The second-order valence-electron chi connectivity index (χ2n) is 13.2. The molecule has 6 nitrogen and oxygen atoms in total. The van der Waals surface area contributed by atoms with Crippen LogP contribution >= 0.6 is 0 Å². The van der Waals surface area contributed by atoms with Crippen LogP contribution in [0.15, 0.2) is 60.7 Å². The quantitative estimate of drug-likeness (QED) is 0.0535. The Morgan fingerprint density at radius 1 is 0.532 bits per heavy atom. The van der Waals surface area contributed by atoms with Crippen LogP contribution in [-0.2, 0) is 37.1 Å². The Kier molecular flexibility index (Phi) is 22.0. The fourth-order valence-corrected chi connectivity index (χ4v) is 6.15. The molecular formula is C41H62O6. The van der Waals surface area contributed by atoms with Crippen LogP contribution in [-0.4, -0.2) is 23.0 Å². The summed E-state index contributed by atoms with van der Waals surface area (Å²) in [4.78, 5) is 38.0. The largest absolute Gasteiger partial charge is 0.480 e. The predicted molar refractivity (Wildman–Crippen MR) is 190 cm³/mol. The average molecular weight is 651 g/mol. The third-order valence-corrected chi connectivity index (χ3v) is 9.20. The van der Waals surface area contributed by atoms with Gasteiger partial charge in [0.1, 0.15) is 13.2 Å². The summed E-state index contributed by atoms with van der Waals surface area (Å²) in [7, 11) is 0. The van der Waals surface area contributed by atoms with E-state index in [1.807, 2.05) is 60.7 Å². The van der Waals surface area contributed by atoms with Crippen LogP contribution in [0, 0.1) is 5.41 Å². The van der Waals surface area contributed by atoms with Crippen molar-refractivity contribution in [2.75, 3.05) is 0 Å². The number of unbranched alkanes of at least 4 members (excludes halogenated alkanes) is 17. The fourth-order valence-electron chi connectivity index (χ4n) is 6.15. The van der Waals surface area contributed by atoms with Crippen molar-refractivity contribution in [3.8, 4) is 0 Å². The van der Waals surface area contributed by atoms with Crippen LogP contribution in [0.3, 0.4) is 0 Å². The molecule has 0 radical (unpaired) electrons. The smallest absolute Gasteiger partial charge is 0.323 e. The standard InChI is InChI=1S/C41H62O6/c1-2-3-4-5-6-10-13-16-25-32-41(39(43)44,40(45)47-35-37-29-22-19-23-30-37)33-26-17-14-11-8-7-9-12-15-24-31-38(42)46-34-36-27-20-18-21-28-36/h18-23,27-30H,2-17,24-26,31-35H2,1H3,(H,43,44). The molecule has 47 heavy (non-hydrogen) atoms. The van der Waals surface area contributed by atoms with Crippen molar-refractivity contribution >= 4 is 17.9 Å². The van der Waals surface area contributed by atoms with E-state index >= 15 is 0 Å². The van der Waals surface area contributed by atoms with Gasteiger partial charge in [-0.15, -0.1) is 0 Å². The molecule has 0 aliphatic carbocycles. The zero-order valence-corrected chi connectivity index (χ0v) is 29.2. The van der Waals surface area contributed by atoms with Crippen molar-refractivity contribution in [3.63, 3.8) is 0 Å². The third kappa shape index (κ3) is 18.1. The van der Waals surface area contributed by atoms with Crippen LogP contribution in [0.4, 0.5) is 0 Å². The second-order valence-corrected chi connectivity index (χ2v) is 13.2. The molecule has 6 heteroatoms. The van der Waals surface area contributed by atoms with Gasteiger partial charge in [-0.1, -0.05) is 183 Å². The summed E-state index contributed by atoms with van der Waals surface area (Å²) >= 11 is 0. The monoisotopic (exact) mass is 650 g/mol. The number of aliphatic carboxylic acids is 1. The van der Waals surface area contributed by atoms with Gasteiger partial charge in [-0.25, -0.2) is 0 Å². The summed E-state index contributed by atoms with van der Waals surface area (Å²) in [5.41, 5.74) is 0.409. The molecule has 0 bridgehead atoms. The first-order valence-electron chi connectivity index (χ1n) is 18.6. The SMILES string of the molecule is CCCCCCCCCCCC(CCCCCCCCCCCCC(=O)OCc1ccccc1)(C(=O)O)C(=O)OCc1ccccc1. The van der Waals surface area contributed by atoms with Gasteiger partial charge in [-0.2, -0.15) is 0 Å². The topological polar surface area (TPSA) is 89.9 Å². The highest BCUT2D eigenvalue weighted by molar-refractivity contribution is 5.99. The molecule has 1 N–H and O–H groups in total. The highest BCUT2D eigenvalue weighted by Gasteiger charge is 2.46. The first-order valence-corrected chi connectivity index (χ1v) is 18.6. The summed E-state index contributed by atoms with van der Waals surface area (Å²) in [6.07, 6.45) is 21.7. The van der Waals surface area contributed by atoms with Crippen molar-refractivity contribution in [2.45, 2.75) is 161 Å². The maximum Gasteiger partial charge on any atom is 0.323 e. The number of hydrogen-bond acceptors (Lipinski definition) is 5. The molecule has 262 valence electrons. The van der Waals surface area contributed by atoms with Crippen molar-refractivity contribution in [1.29, 1.82) is 0 Å². The van der Waals surface area contributed by atoms with Gasteiger partial charge >= 0.3 is 17.9 Å².